The van der Waals surface area contributed by atoms with E-state index in [0.29, 0.717) is 51.1 Å². The Kier molecular flexibility index (Phi) is 22.0. The summed E-state index contributed by atoms with van der Waals surface area (Å²) in [6.45, 7) is 14.1. The van der Waals surface area contributed by atoms with Gasteiger partial charge in [-0.3, -0.25) is 24.2 Å². The molecule has 11 nitrogen and oxygen atoms in total. The maximum Gasteiger partial charge on any atom is 0.200 e. The van der Waals surface area contributed by atoms with Crippen LogP contribution in [0.2, 0.25) is 0 Å². The number of nitrogens with zero attached hydrogens (tertiary/aromatic N) is 4. The van der Waals surface area contributed by atoms with Crippen molar-refractivity contribution in [3.63, 3.8) is 0 Å². The Hall–Kier alpha value is -2.63. The first-order chi connectivity index (χ1) is 24.8. The molecule has 2 aliphatic carbocycles. The molecule has 0 saturated carbocycles. The van der Waals surface area contributed by atoms with Crippen molar-refractivity contribution in [2.45, 2.75) is 64.9 Å². The second-order valence-corrected chi connectivity index (χ2v) is 12.4. The molecule has 0 bridgehead atoms. The molecule has 3 unspecified atom stereocenters. The van der Waals surface area contributed by atoms with Crippen LogP contribution in [0.1, 0.15) is 104 Å². The number of pyridine rings is 4. The second kappa shape index (κ2) is 24.1. The largest absolute Gasteiger partial charge is 0.413 e. The van der Waals surface area contributed by atoms with Crippen LogP contribution in [0.15, 0.2) is 73.8 Å². The van der Waals surface area contributed by atoms with Gasteiger partial charge < -0.3 is 28.1 Å². The van der Waals surface area contributed by atoms with Crippen molar-refractivity contribution >= 4 is 23.1 Å². The van der Waals surface area contributed by atoms with Crippen LogP contribution in [0.4, 0.5) is 0 Å². The number of carbonyl (C=O) groups is 4. The average Bonchev–Trinajstić information content (AvgIpc) is 3.18. The van der Waals surface area contributed by atoms with Gasteiger partial charge in [-0.25, -0.2) is 13.7 Å². The third-order valence-electron chi connectivity index (χ3n) is 8.77. The maximum atomic E-state index is 12.7. The Morgan fingerprint density at radius 2 is 0.981 bits per heavy atom. The van der Waals surface area contributed by atoms with Gasteiger partial charge in [-0.15, -0.1) is 0 Å². The number of aryl methyl sites for hydroxylation is 2. The third kappa shape index (κ3) is 12.7. The number of carbonyl (C=O) groups excluding carboxylic acids is 4. The summed E-state index contributed by atoms with van der Waals surface area (Å²) in [6, 6.07) is 6.70. The Balaban J connectivity index is 0.000000413. The summed E-state index contributed by atoms with van der Waals surface area (Å²) in [4.78, 5) is 53.7. The van der Waals surface area contributed by atoms with Crippen molar-refractivity contribution in [2.24, 2.45) is 14.1 Å². The number of rotatable bonds is 8. The fourth-order valence-corrected chi connectivity index (χ4v) is 5.28. The van der Waals surface area contributed by atoms with Gasteiger partial charge in [-0.1, -0.05) is 45.8 Å². The summed E-state index contributed by atoms with van der Waals surface area (Å²) in [5, 5.41) is 0. The summed E-state index contributed by atoms with van der Waals surface area (Å²) in [7, 11) is 8.67. The van der Waals surface area contributed by atoms with E-state index in [9.17, 15) is 19.2 Å². The first-order valence-corrected chi connectivity index (χ1v) is 17.2. The molecule has 282 valence electrons. The molecular weight excluding hydrogens is 838 g/mol. The molecule has 54 heavy (non-hydrogen) atoms. The van der Waals surface area contributed by atoms with Gasteiger partial charge in [0.15, 0.2) is 49.5 Å². The van der Waals surface area contributed by atoms with E-state index in [2.05, 4.69) is 25.8 Å². The number of methoxy groups -OCH3 is 3. The minimum absolute atomic E-state index is 0. The molecule has 0 saturated heterocycles. The van der Waals surface area contributed by atoms with Gasteiger partial charge in [0.2, 0.25) is 17.3 Å². The van der Waals surface area contributed by atoms with Crippen molar-refractivity contribution in [3.05, 3.63) is 132 Å². The Bertz CT molecular complexity index is 1880. The van der Waals surface area contributed by atoms with Crippen LogP contribution in [-0.4, -0.2) is 67.8 Å². The molecule has 3 atom stereocenters. The monoisotopic (exact) mass is 889 g/mol. The van der Waals surface area contributed by atoms with Gasteiger partial charge in [0.25, 0.3) is 0 Å². The quantitative estimate of drug-likeness (QED) is 0.165. The zero-order chi connectivity index (χ0) is 38.5. The molecule has 0 spiro atoms. The molecule has 2 aliphatic rings. The molecule has 0 fully saturated rings. The Morgan fingerprint density at radius 1 is 0.574 bits per heavy atom. The number of aromatic nitrogens is 4. The van der Waals surface area contributed by atoms with E-state index in [1.165, 1.54) is 12.4 Å². The minimum Gasteiger partial charge on any atom is -0.413 e. The summed E-state index contributed by atoms with van der Waals surface area (Å²) < 4.78 is 20.4. The van der Waals surface area contributed by atoms with Gasteiger partial charge in [-0.2, -0.15) is 0 Å². The molecule has 0 aromatic carbocycles. The standard InChI is InChI=1S/C18H20N2O3.C13H9N2O2.2C5H11O.2Y/c1-4-12(23-3)9-20-8-6-14-16(11-20)18(22)13-5-7-19(2)10-15(13)17(14)21;1-15-5-3-9-11(7-15)13(17)8-2-4-14-6-10(8)12(9)16;2*1-4-5(2)6-3;;/h5-8,10-12H,4,9H2,1-3H3;2-7H,1H3;2*5H,2,4H2,1,3H3;;/q+2;+1;2*-1;;. The summed E-state index contributed by atoms with van der Waals surface area (Å²) in [6.07, 6.45) is 16.8. The fourth-order valence-electron chi connectivity index (χ4n) is 5.28. The number of ketones is 4. The molecule has 0 N–H and O–H groups in total. The van der Waals surface area contributed by atoms with E-state index in [-0.39, 0.29) is 107 Å². The molecule has 4 heterocycles. The molecule has 13 heteroatoms. The SMILES string of the molecule is CCC(C[n+]1ccc2c(c1)C(=O)c1cc[n+](C)cc1C2=O)OC.C[n+]1ccc2c(c1)C(=O)c1ccncc1C2=O.[CH2-]C(CC)OC.[CH2-]C(CC)OC.[Y].[Y]. The number of hydrogen-bond donors (Lipinski definition) is 0. The van der Waals surface area contributed by atoms with E-state index in [0.717, 1.165) is 19.3 Å². The van der Waals surface area contributed by atoms with Crippen LogP contribution in [0.25, 0.3) is 0 Å². The topological polar surface area (TPSA) is 120 Å². The Morgan fingerprint density at radius 3 is 1.37 bits per heavy atom. The minimum atomic E-state index is -0.136. The van der Waals surface area contributed by atoms with E-state index in [1.54, 1.807) is 85.7 Å². The van der Waals surface area contributed by atoms with Gasteiger partial charge in [0, 0.05) is 140 Å². The summed E-state index contributed by atoms with van der Waals surface area (Å²) in [5.74, 6) is -0.455. The van der Waals surface area contributed by atoms with Crippen molar-refractivity contribution < 1.29 is 113 Å². The van der Waals surface area contributed by atoms with Crippen LogP contribution in [0.5, 0.6) is 0 Å². The van der Waals surface area contributed by atoms with Gasteiger partial charge in [0.1, 0.15) is 20.2 Å². The molecule has 6 rings (SSSR count). The van der Waals surface area contributed by atoms with Gasteiger partial charge in [-0.05, 0) is 12.5 Å². The van der Waals surface area contributed by atoms with E-state index >= 15 is 0 Å². The maximum absolute atomic E-state index is 12.7. The van der Waals surface area contributed by atoms with E-state index < -0.39 is 0 Å². The number of hydrogen-bond acceptors (Lipinski definition) is 8. The third-order valence-corrected chi connectivity index (χ3v) is 8.77. The smallest absolute Gasteiger partial charge is 0.200 e. The van der Waals surface area contributed by atoms with Crippen LogP contribution in [0, 0.1) is 13.8 Å². The van der Waals surface area contributed by atoms with Gasteiger partial charge in [0.05, 0.1) is 22.3 Å². The molecule has 0 amide bonds. The zero-order valence-corrected chi connectivity index (χ0v) is 38.4. The number of ether oxygens (including phenoxy) is 3. The second-order valence-electron chi connectivity index (χ2n) is 12.4. The van der Waals surface area contributed by atoms with E-state index in [4.69, 9.17) is 14.2 Å². The zero-order valence-electron chi connectivity index (χ0n) is 32.7. The van der Waals surface area contributed by atoms with Crippen molar-refractivity contribution in [3.8, 4) is 0 Å². The van der Waals surface area contributed by atoms with Gasteiger partial charge >= 0.3 is 0 Å². The van der Waals surface area contributed by atoms with Crippen molar-refractivity contribution in [1.82, 2.24) is 4.98 Å². The predicted octanol–water partition coefficient (Wildman–Crippen LogP) is 4.17. The molecule has 4 aromatic heterocycles. The normalized spacial score (nSPS) is 13.5. The summed E-state index contributed by atoms with van der Waals surface area (Å²) >= 11 is 0. The summed E-state index contributed by atoms with van der Waals surface area (Å²) in [5.41, 5.74) is 3.60. The molecular formula is C41H51N4O7Y2+. The Labute approximate surface area is 370 Å². The molecule has 2 radical (unpaired) electrons. The first kappa shape index (κ1) is 49.4. The van der Waals surface area contributed by atoms with E-state index in [1.807, 2.05) is 38.7 Å². The van der Waals surface area contributed by atoms with Crippen LogP contribution in [0.3, 0.4) is 0 Å². The first-order valence-electron chi connectivity index (χ1n) is 17.2. The average molecular weight is 890 g/mol. The fraction of sp³-hybridized carbons (Fsp3) is 0.366. The van der Waals surface area contributed by atoms with Crippen LogP contribution in [-0.2, 0) is 100 Å². The predicted molar refractivity (Wildman–Crippen MR) is 194 cm³/mol. The van der Waals surface area contributed by atoms with Crippen molar-refractivity contribution in [1.29, 1.82) is 0 Å². The molecule has 0 aliphatic heterocycles. The number of fused-ring (bicyclic) bond motifs is 4. The van der Waals surface area contributed by atoms with Crippen LogP contribution >= 0.6 is 0 Å². The molecule has 4 aromatic rings. The van der Waals surface area contributed by atoms with Crippen LogP contribution < -0.4 is 13.7 Å². The van der Waals surface area contributed by atoms with Crippen molar-refractivity contribution in [2.75, 3.05) is 21.3 Å².